The van der Waals surface area contributed by atoms with Gasteiger partial charge in [-0.25, -0.2) is 4.39 Å². The van der Waals surface area contributed by atoms with Crippen LogP contribution in [0.4, 0.5) is 10.1 Å². The highest BCUT2D eigenvalue weighted by Gasteiger charge is 2.15. The van der Waals surface area contributed by atoms with Crippen molar-refractivity contribution in [2.45, 2.75) is 20.4 Å². The molecule has 24 heavy (non-hydrogen) atoms. The molecule has 2 N–H and O–H groups in total. The van der Waals surface area contributed by atoms with Crippen LogP contribution in [-0.2, 0) is 11.3 Å². The van der Waals surface area contributed by atoms with Gasteiger partial charge in [-0.15, -0.1) is 0 Å². The minimum absolute atomic E-state index is 0.0606. The predicted octanol–water partition coefficient (Wildman–Crippen LogP) is 4.00. The number of carbonyl (C=O) groups excluding carboxylic acids is 2. The first kappa shape index (κ1) is 17.9. The first-order valence-corrected chi connectivity index (χ1v) is 7.88. The zero-order valence-corrected chi connectivity index (χ0v) is 14.2. The van der Waals surface area contributed by atoms with Gasteiger partial charge in [0.2, 0.25) is 5.91 Å². The molecule has 2 aromatic carbocycles. The van der Waals surface area contributed by atoms with Gasteiger partial charge in [0.05, 0.1) is 10.6 Å². The lowest BCUT2D eigenvalue weighted by Crippen LogP contribution is -2.24. The Morgan fingerprint density at radius 3 is 2.54 bits per heavy atom. The van der Waals surface area contributed by atoms with Gasteiger partial charge in [-0.3, -0.25) is 9.59 Å². The molecule has 2 amide bonds. The third-order valence-corrected chi connectivity index (χ3v) is 3.68. The minimum Gasteiger partial charge on any atom is -0.348 e. The second-order valence-corrected chi connectivity index (χ2v) is 6.03. The Balaban J connectivity index is 2.04. The van der Waals surface area contributed by atoms with Gasteiger partial charge in [0.1, 0.15) is 5.82 Å². The van der Waals surface area contributed by atoms with Crippen LogP contribution in [0.15, 0.2) is 42.5 Å². The van der Waals surface area contributed by atoms with Crippen LogP contribution in [-0.4, -0.2) is 11.8 Å². The fraction of sp³-hybridized carbons (Fsp3) is 0.222. The van der Waals surface area contributed by atoms with Crippen LogP contribution in [0.5, 0.6) is 0 Å². The van der Waals surface area contributed by atoms with Crippen LogP contribution in [0.25, 0.3) is 0 Å². The van der Waals surface area contributed by atoms with Gasteiger partial charge in [0.15, 0.2) is 0 Å². The molecule has 0 atom stereocenters. The first-order valence-electron chi connectivity index (χ1n) is 7.50. The lowest BCUT2D eigenvalue weighted by Gasteiger charge is -2.11. The van der Waals surface area contributed by atoms with Crippen LogP contribution < -0.4 is 10.6 Å². The van der Waals surface area contributed by atoms with Crippen molar-refractivity contribution < 1.29 is 14.0 Å². The van der Waals surface area contributed by atoms with Gasteiger partial charge in [0, 0.05) is 18.2 Å². The number of nitrogens with one attached hydrogen (secondary N) is 2. The molecule has 0 aliphatic rings. The van der Waals surface area contributed by atoms with Crippen LogP contribution in [0, 0.1) is 11.7 Å². The molecule has 0 saturated heterocycles. The summed E-state index contributed by atoms with van der Waals surface area (Å²) in [6, 6.07) is 11.2. The molecule has 4 nitrogen and oxygen atoms in total. The SMILES string of the molecule is CC(C)C(=O)Nc1cccc(CNC(=O)c2c(F)cccc2Cl)c1. The molecule has 0 spiro atoms. The molecule has 0 aliphatic heterocycles. The van der Waals surface area contributed by atoms with Crippen molar-refractivity contribution in [2.75, 3.05) is 5.32 Å². The average molecular weight is 349 g/mol. The van der Waals surface area contributed by atoms with Crippen molar-refractivity contribution in [3.63, 3.8) is 0 Å². The number of hydrogen-bond acceptors (Lipinski definition) is 2. The summed E-state index contributed by atoms with van der Waals surface area (Å²) in [5.74, 6) is -1.47. The summed E-state index contributed by atoms with van der Waals surface area (Å²) in [7, 11) is 0. The normalized spacial score (nSPS) is 10.5. The highest BCUT2D eigenvalue weighted by atomic mass is 35.5. The molecular weight excluding hydrogens is 331 g/mol. The Hall–Kier alpha value is -2.40. The summed E-state index contributed by atoms with van der Waals surface area (Å²) >= 11 is 5.87. The molecule has 2 aromatic rings. The van der Waals surface area contributed by atoms with E-state index in [2.05, 4.69) is 10.6 Å². The van der Waals surface area contributed by atoms with Gasteiger partial charge in [-0.1, -0.05) is 43.6 Å². The molecule has 0 radical (unpaired) electrons. The number of rotatable bonds is 5. The second kappa shape index (κ2) is 7.93. The Kier molecular flexibility index (Phi) is 5.93. The lowest BCUT2D eigenvalue weighted by molar-refractivity contribution is -0.118. The average Bonchev–Trinajstić information content (AvgIpc) is 2.53. The van der Waals surface area contributed by atoms with E-state index in [-0.39, 0.29) is 29.0 Å². The van der Waals surface area contributed by atoms with E-state index in [4.69, 9.17) is 11.6 Å². The molecule has 0 aliphatic carbocycles. The molecule has 0 bridgehead atoms. The van der Waals surface area contributed by atoms with E-state index < -0.39 is 11.7 Å². The fourth-order valence-corrected chi connectivity index (χ4v) is 2.28. The van der Waals surface area contributed by atoms with Crippen molar-refractivity contribution in [3.05, 3.63) is 64.4 Å². The van der Waals surface area contributed by atoms with Crippen LogP contribution in [0.2, 0.25) is 5.02 Å². The number of amides is 2. The van der Waals surface area contributed by atoms with Crippen molar-refractivity contribution in [1.82, 2.24) is 5.32 Å². The van der Waals surface area contributed by atoms with Gasteiger partial charge >= 0.3 is 0 Å². The Labute approximate surface area is 145 Å². The topological polar surface area (TPSA) is 58.2 Å². The van der Waals surface area contributed by atoms with Crippen LogP contribution in [0.3, 0.4) is 0 Å². The van der Waals surface area contributed by atoms with Gasteiger partial charge < -0.3 is 10.6 Å². The molecule has 0 fully saturated rings. The van der Waals surface area contributed by atoms with E-state index in [0.29, 0.717) is 5.69 Å². The van der Waals surface area contributed by atoms with Gasteiger partial charge in [-0.2, -0.15) is 0 Å². The molecule has 126 valence electrons. The maximum absolute atomic E-state index is 13.7. The second-order valence-electron chi connectivity index (χ2n) is 5.62. The minimum atomic E-state index is -0.669. The third-order valence-electron chi connectivity index (χ3n) is 3.36. The van der Waals surface area contributed by atoms with E-state index in [0.717, 1.165) is 5.56 Å². The largest absolute Gasteiger partial charge is 0.348 e. The van der Waals surface area contributed by atoms with Crippen LogP contribution >= 0.6 is 11.6 Å². The summed E-state index contributed by atoms with van der Waals surface area (Å²) in [4.78, 5) is 23.8. The third kappa shape index (κ3) is 4.55. The highest BCUT2D eigenvalue weighted by molar-refractivity contribution is 6.33. The van der Waals surface area contributed by atoms with Gasteiger partial charge in [-0.05, 0) is 29.8 Å². The molecule has 6 heteroatoms. The Morgan fingerprint density at radius 1 is 1.17 bits per heavy atom. The summed E-state index contributed by atoms with van der Waals surface area (Å²) < 4.78 is 13.7. The molecule has 2 rings (SSSR count). The number of hydrogen-bond donors (Lipinski definition) is 2. The number of halogens is 2. The quantitative estimate of drug-likeness (QED) is 0.858. The van der Waals surface area contributed by atoms with E-state index >= 15 is 0 Å². The molecule has 0 unspecified atom stereocenters. The lowest BCUT2D eigenvalue weighted by atomic mass is 10.1. The Bertz CT molecular complexity index is 742. The first-order chi connectivity index (χ1) is 11.4. The molecule has 0 aromatic heterocycles. The van der Waals surface area contributed by atoms with E-state index in [9.17, 15) is 14.0 Å². The van der Waals surface area contributed by atoms with Crippen molar-refractivity contribution in [3.8, 4) is 0 Å². The predicted molar refractivity (Wildman–Crippen MR) is 92.5 cm³/mol. The van der Waals surface area contributed by atoms with Crippen molar-refractivity contribution in [1.29, 1.82) is 0 Å². The zero-order chi connectivity index (χ0) is 17.7. The highest BCUT2D eigenvalue weighted by Crippen LogP contribution is 2.19. The number of anilines is 1. The fourth-order valence-electron chi connectivity index (χ4n) is 2.03. The number of benzene rings is 2. The molecule has 0 heterocycles. The standard InChI is InChI=1S/C18H18ClFN2O2/c1-11(2)17(23)22-13-6-3-5-12(9-13)10-21-18(24)16-14(19)7-4-8-15(16)20/h3-9,11H,10H2,1-2H3,(H,21,24)(H,22,23). The summed E-state index contributed by atoms with van der Waals surface area (Å²) in [5.41, 5.74) is 1.24. The van der Waals surface area contributed by atoms with Crippen LogP contribution in [0.1, 0.15) is 29.8 Å². The molecular formula is C18H18ClFN2O2. The maximum Gasteiger partial charge on any atom is 0.256 e. The Morgan fingerprint density at radius 2 is 1.88 bits per heavy atom. The number of carbonyl (C=O) groups is 2. The molecule has 0 saturated carbocycles. The van der Waals surface area contributed by atoms with E-state index in [1.807, 2.05) is 0 Å². The van der Waals surface area contributed by atoms with Crippen molar-refractivity contribution >= 4 is 29.1 Å². The van der Waals surface area contributed by atoms with E-state index in [1.54, 1.807) is 38.1 Å². The smallest absolute Gasteiger partial charge is 0.256 e. The summed E-state index contributed by atoms with van der Waals surface area (Å²) in [5, 5.41) is 5.47. The monoisotopic (exact) mass is 348 g/mol. The summed E-state index contributed by atoms with van der Waals surface area (Å²) in [6.45, 7) is 3.80. The summed E-state index contributed by atoms with van der Waals surface area (Å²) in [6.07, 6.45) is 0. The van der Waals surface area contributed by atoms with Gasteiger partial charge in [0.25, 0.3) is 5.91 Å². The van der Waals surface area contributed by atoms with E-state index in [1.165, 1.54) is 18.2 Å². The maximum atomic E-state index is 13.7. The zero-order valence-electron chi connectivity index (χ0n) is 13.4. The van der Waals surface area contributed by atoms with Crippen molar-refractivity contribution in [2.24, 2.45) is 5.92 Å².